The number of hydrogen-bond acceptors (Lipinski definition) is 0. The molecule has 0 heterocycles. The number of rotatable bonds is 19. The van der Waals surface area contributed by atoms with Crippen LogP contribution in [-0.2, 0) is 0 Å². The van der Waals surface area contributed by atoms with E-state index < -0.39 is 0 Å². The van der Waals surface area contributed by atoms with Crippen LogP contribution in [0.4, 0.5) is 0 Å². The van der Waals surface area contributed by atoms with Crippen molar-refractivity contribution in [3.8, 4) is 0 Å². The van der Waals surface area contributed by atoms with Crippen LogP contribution in [0.1, 0.15) is 177 Å². The highest BCUT2D eigenvalue weighted by Crippen LogP contribution is 2.20. The molecule has 0 rings (SSSR count). The van der Waals surface area contributed by atoms with E-state index in [0.29, 0.717) is 0 Å². The molecular weight excluding hydrogens is 384 g/mol. The molecule has 0 unspecified atom stereocenters. The highest BCUT2D eigenvalue weighted by Gasteiger charge is 2.05. The molecule has 0 aromatic carbocycles. The first-order valence-electron chi connectivity index (χ1n) is 14.8. The Kier molecular flexibility index (Phi) is 49.4. The van der Waals surface area contributed by atoms with Gasteiger partial charge in [-0.3, -0.25) is 0 Å². The summed E-state index contributed by atoms with van der Waals surface area (Å²) in [5.41, 5.74) is 1.41. The predicted octanol–water partition coefficient (Wildman–Crippen LogP) is 12.9. The van der Waals surface area contributed by atoms with Crippen LogP contribution in [0.2, 0.25) is 0 Å². The van der Waals surface area contributed by atoms with Gasteiger partial charge in [0.15, 0.2) is 0 Å². The van der Waals surface area contributed by atoms with Gasteiger partial charge in [-0.05, 0) is 31.6 Å². The summed E-state index contributed by atoms with van der Waals surface area (Å²) in [6, 6.07) is 0. The van der Waals surface area contributed by atoms with Gasteiger partial charge in [0.25, 0.3) is 0 Å². The Morgan fingerprint density at radius 3 is 1.38 bits per heavy atom. The molecule has 0 radical (unpaired) electrons. The van der Waals surface area contributed by atoms with Crippen LogP contribution in [0.15, 0.2) is 24.8 Å². The molecule has 0 nitrogen and oxygen atoms in total. The molecule has 0 aromatic rings. The Balaban J connectivity index is -0.000000196. The molecule has 0 aromatic heterocycles. The van der Waals surface area contributed by atoms with Crippen LogP contribution < -0.4 is 0 Å². The van der Waals surface area contributed by atoms with Crippen LogP contribution in [0.5, 0.6) is 0 Å². The molecule has 0 fully saturated rings. The Morgan fingerprint density at radius 1 is 0.625 bits per heavy atom. The van der Waals surface area contributed by atoms with Crippen molar-refractivity contribution in [2.45, 2.75) is 177 Å². The average molecular weight is 453 g/mol. The van der Waals surface area contributed by atoms with Gasteiger partial charge in [-0.1, -0.05) is 170 Å². The summed E-state index contributed by atoms with van der Waals surface area (Å²) in [7, 11) is 0. The molecule has 32 heavy (non-hydrogen) atoms. The summed E-state index contributed by atoms with van der Waals surface area (Å²) in [6.07, 6.45) is 28.0. The van der Waals surface area contributed by atoms with E-state index in [-0.39, 0.29) is 0 Å². The normalized spacial score (nSPS) is 9.66. The summed E-state index contributed by atoms with van der Waals surface area (Å²) in [4.78, 5) is 0. The van der Waals surface area contributed by atoms with Crippen molar-refractivity contribution < 1.29 is 0 Å². The van der Waals surface area contributed by atoms with E-state index in [1.165, 1.54) is 121 Å². The van der Waals surface area contributed by atoms with Gasteiger partial charge in [-0.15, -0.1) is 6.58 Å². The lowest BCUT2D eigenvalue weighted by atomic mass is 9.92. The third kappa shape index (κ3) is 43.4. The van der Waals surface area contributed by atoms with Gasteiger partial charge in [0.1, 0.15) is 0 Å². The minimum Gasteiger partial charge on any atom is -0.103 e. The van der Waals surface area contributed by atoms with Gasteiger partial charge >= 0.3 is 0 Å². The van der Waals surface area contributed by atoms with Crippen molar-refractivity contribution in [1.82, 2.24) is 0 Å². The second-order valence-electron chi connectivity index (χ2n) is 8.96. The van der Waals surface area contributed by atoms with Gasteiger partial charge in [0, 0.05) is 0 Å². The van der Waals surface area contributed by atoms with Crippen molar-refractivity contribution in [2.75, 3.05) is 0 Å². The van der Waals surface area contributed by atoms with Crippen LogP contribution in [0, 0.1) is 5.92 Å². The molecule has 0 atom stereocenters. The lowest BCUT2D eigenvalue weighted by molar-refractivity contribution is 0.395. The monoisotopic (exact) mass is 453 g/mol. The summed E-state index contributed by atoms with van der Waals surface area (Å²) >= 11 is 0. The van der Waals surface area contributed by atoms with Gasteiger partial charge in [0.05, 0.1) is 0 Å². The summed E-state index contributed by atoms with van der Waals surface area (Å²) < 4.78 is 0. The number of allylic oxidation sites excluding steroid dienone is 2. The average Bonchev–Trinajstić information content (AvgIpc) is 2.83. The zero-order chi connectivity index (χ0) is 25.3. The van der Waals surface area contributed by atoms with Crippen molar-refractivity contribution in [2.24, 2.45) is 5.92 Å². The molecular formula is C32H68. The van der Waals surface area contributed by atoms with Crippen molar-refractivity contribution in [1.29, 1.82) is 0 Å². The quantitative estimate of drug-likeness (QED) is 0.135. The minimum absolute atomic E-state index is 1.03. The third-order valence-corrected chi connectivity index (χ3v) is 5.90. The summed E-state index contributed by atoms with van der Waals surface area (Å²) in [6.45, 7) is 25.1. The van der Waals surface area contributed by atoms with E-state index >= 15 is 0 Å². The zero-order valence-electron chi connectivity index (χ0n) is 24.5. The maximum atomic E-state index is 3.94. The van der Waals surface area contributed by atoms with Gasteiger partial charge < -0.3 is 0 Å². The maximum Gasteiger partial charge on any atom is -0.0323 e. The highest BCUT2D eigenvalue weighted by atomic mass is 14.1. The first kappa shape index (κ1) is 38.7. The van der Waals surface area contributed by atoms with E-state index in [9.17, 15) is 0 Å². The largest absolute Gasteiger partial charge is 0.103 e. The summed E-state index contributed by atoms with van der Waals surface area (Å²) in [5, 5.41) is 0. The second-order valence-corrected chi connectivity index (χ2v) is 8.96. The van der Waals surface area contributed by atoms with Crippen LogP contribution >= 0.6 is 0 Å². The number of unbranched alkanes of at least 4 members (excludes halogenated alkanes) is 10. The molecule has 0 bridgehead atoms. The summed E-state index contributed by atoms with van der Waals surface area (Å²) in [5.74, 6) is 1.03. The van der Waals surface area contributed by atoms with Crippen molar-refractivity contribution in [3.05, 3.63) is 24.8 Å². The first-order chi connectivity index (χ1) is 15.6. The van der Waals surface area contributed by atoms with Crippen LogP contribution in [0.3, 0.4) is 0 Å². The molecule has 0 heteroatoms. The topological polar surface area (TPSA) is 0 Å². The molecule has 0 aliphatic rings. The SMILES string of the molecule is C=C(CC)CCCCC.C=CCCCC.CC.CCCCCCC(CC)CCCCCC. The molecule has 0 spiro atoms. The van der Waals surface area contributed by atoms with Crippen LogP contribution in [-0.4, -0.2) is 0 Å². The Morgan fingerprint density at radius 2 is 1.06 bits per heavy atom. The van der Waals surface area contributed by atoms with Gasteiger partial charge in [0.2, 0.25) is 0 Å². The Hall–Kier alpha value is -0.520. The molecule has 0 aliphatic heterocycles. The van der Waals surface area contributed by atoms with Gasteiger partial charge in [-0.25, -0.2) is 0 Å². The highest BCUT2D eigenvalue weighted by molar-refractivity contribution is 4.91. The molecule has 0 N–H and O–H groups in total. The predicted molar refractivity (Wildman–Crippen MR) is 156 cm³/mol. The fraction of sp³-hybridized carbons (Fsp3) is 0.875. The molecule has 0 amide bonds. The Bertz CT molecular complexity index is 289. The second kappa shape index (κ2) is 40.8. The molecule has 0 saturated carbocycles. The lowest BCUT2D eigenvalue weighted by Gasteiger charge is -2.14. The van der Waals surface area contributed by atoms with E-state index in [4.69, 9.17) is 0 Å². The fourth-order valence-electron chi connectivity index (χ4n) is 3.42. The maximum absolute atomic E-state index is 3.94. The van der Waals surface area contributed by atoms with E-state index in [0.717, 1.165) is 12.3 Å². The van der Waals surface area contributed by atoms with E-state index in [2.05, 4.69) is 54.7 Å². The molecule has 196 valence electrons. The fourth-order valence-corrected chi connectivity index (χ4v) is 3.42. The smallest absolute Gasteiger partial charge is 0.0323 e. The zero-order valence-corrected chi connectivity index (χ0v) is 24.5. The standard InChI is InChI=1S/C15H32.C9H18.C6H12.C2H6/c1-4-7-9-11-13-15(6-3)14-12-10-8-5-2;1-4-6-7-8-9(3)5-2;1-3-5-6-4-2;1-2/h15H,4-14H2,1-3H3;3-8H2,1-2H3;3H,1,4-6H2,2H3;1-2H3. The first-order valence-corrected chi connectivity index (χ1v) is 14.8. The Labute approximate surface area is 208 Å². The molecule has 0 aliphatic carbocycles. The van der Waals surface area contributed by atoms with Crippen LogP contribution in [0.25, 0.3) is 0 Å². The minimum atomic E-state index is 1.03. The van der Waals surface area contributed by atoms with Gasteiger partial charge in [-0.2, -0.15) is 0 Å². The van der Waals surface area contributed by atoms with E-state index in [1.54, 1.807) is 0 Å². The number of hydrogen-bond donors (Lipinski definition) is 0. The third-order valence-electron chi connectivity index (χ3n) is 5.90. The van der Waals surface area contributed by atoms with Crippen molar-refractivity contribution in [3.63, 3.8) is 0 Å². The van der Waals surface area contributed by atoms with Crippen molar-refractivity contribution >= 4 is 0 Å². The molecule has 0 saturated heterocycles. The van der Waals surface area contributed by atoms with E-state index in [1.807, 2.05) is 19.9 Å². The lowest BCUT2D eigenvalue weighted by Crippen LogP contribution is -1.99.